The van der Waals surface area contributed by atoms with Gasteiger partial charge in [0.2, 0.25) is 29.7 Å². The molecule has 0 aliphatic carbocycles. The van der Waals surface area contributed by atoms with Crippen molar-refractivity contribution in [3.63, 3.8) is 0 Å². The summed E-state index contributed by atoms with van der Waals surface area (Å²) in [6.07, 6.45) is 19.5. The molecule has 19 heteroatoms. The van der Waals surface area contributed by atoms with Crippen LogP contribution >= 0.6 is 0 Å². The van der Waals surface area contributed by atoms with Gasteiger partial charge in [-0.25, -0.2) is 4.68 Å². The number of nitrogens with two attached hydrogens (primary N) is 1. The summed E-state index contributed by atoms with van der Waals surface area (Å²) < 4.78 is 23.3. The second-order valence-corrected chi connectivity index (χ2v) is 15.0. The number of hydrogen-bond donors (Lipinski definition) is 4. The maximum Gasteiger partial charge on any atom is 0.247 e. The molecule has 0 unspecified atom stereocenters. The summed E-state index contributed by atoms with van der Waals surface area (Å²) in [7, 11) is 0. The van der Waals surface area contributed by atoms with E-state index in [1.54, 1.807) is 6.20 Å². The van der Waals surface area contributed by atoms with Crippen LogP contribution in [0.1, 0.15) is 88.8 Å². The lowest BCUT2D eigenvalue weighted by Gasteiger charge is -2.35. The second-order valence-electron chi connectivity index (χ2n) is 15.0. The molecule has 5 N–H and O–H groups in total. The Bertz CT molecular complexity index is 1510. The minimum atomic E-state index is -0.772. The molecule has 1 atom stereocenters. The summed E-state index contributed by atoms with van der Waals surface area (Å²) >= 11 is 0. The number of nitrogens with zero attached hydrogens (tertiary/aromatic N) is 9. The van der Waals surface area contributed by atoms with Crippen molar-refractivity contribution in [1.82, 2.24) is 40.2 Å². The highest BCUT2D eigenvalue weighted by Crippen LogP contribution is 2.20. The first-order valence-electron chi connectivity index (χ1n) is 22.0. The molecule has 2 aliphatic rings. The fourth-order valence-corrected chi connectivity index (χ4v) is 6.88. The minimum Gasteiger partial charge on any atom is -0.394 e. The smallest absolute Gasteiger partial charge is 0.247 e. The first kappa shape index (κ1) is 48.5. The highest BCUT2D eigenvalue weighted by atomic mass is 16.5. The topological polar surface area (TPSA) is 220 Å². The van der Waals surface area contributed by atoms with E-state index in [1.165, 1.54) is 4.68 Å². The molecular weight excluding hydrogens is 773 g/mol. The second kappa shape index (κ2) is 29.9. The predicted molar refractivity (Wildman–Crippen MR) is 229 cm³/mol. The minimum absolute atomic E-state index is 0.206. The number of nitrogens with one attached hydrogen (secondary N) is 2. The van der Waals surface area contributed by atoms with E-state index in [-0.39, 0.29) is 25.0 Å². The van der Waals surface area contributed by atoms with Crippen LogP contribution in [0.15, 0.2) is 6.20 Å². The molecule has 60 heavy (non-hydrogen) atoms. The van der Waals surface area contributed by atoms with Gasteiger partial charge in [-0.3, -0.25) is 9.59 Å². The number of rotatable bonds is 32. The van der Waals surface area contributed by atoms with Crippen molar-refractivity contribution in [3.05, 3.63) is 11.9 Å². The van der Waals surface area contributed by atoms with E-state index in [0.717, 1.165) is 82.7 Å². The zero-order valence-corrected chi connectivity index (χ0v) is 35.7. The monoisotopic (exact) mass is 843 g/mol. The molecule has 0 radical (unpaired) electrons. The van der Waals surface area contributed by atoms with Crippen LogP contribution in [-0.4, -0.2) is 170 Å². The zero-order valence-electron chi connectivity index (χ0n) is 35.7. The lowest BCUT2D eigenvalue weighted by molar-refractivity contribution is -0.131. The number of anilines is 3. The number of hydrogen-bond acceptors (Lipinski definition) is 16. The highest BCUT2D eigenvalue weighted by molar-refractivity contribution is 5.80. The maximum absolute atomic E-state index is 13.1. The first-order chi connectivity index (χ1) is 29.5. The Morgan fingerprint density at radius 1 is 0.800 bits per heavy atom. The maximum atomic E-state index is 13.1. The third kappa shape index (κ3) is 18.6. The van der Waals surface area contributed by atoms with Crippen molar-refractivity contribution in [2.45, 2.75) is 89.5 Å². The molecule has 2 saturated heterocycles. The number of aromatic nitrogens is 6. The van der Waals surface area contributed by atoms with Crippen LogP contribution in [0, 0.1) is 12.3 Å². The molecule has 2 aliphatic heterocycles. The number of aliphatic hydroxyl groups excluding tert-OH is 1. The lowest BCUT2D eigenvalue weighted by atomic mass is 10.1. The number of ether oxygens (including phenoxy) is 4. The number of carbonyl (C=O) groups is 2. The van der Waals surface area contributed by atoms with Gasteiger partial charge in [0.15, 0.2) is 6.04 Å². The number of terminal acetylenes is 1. The number of amides is 2. The summed E-state index contributed by atoms with van der Waals surface area (Å²) in [5.41, 5.74) is 6.37. The molecule has 2 aromatic heterocycles. The van der Waals surface area contributed by atoms with Crippen LogP contribution in [0.25, 0.3) is 0 Å². The summed E-state index contributed by atoms with van der Waals surface area (Å²) in [5.74, 6) is 4.09. The summed E-state index contributed by atoms with van der Waals surface area (Å²) in [5, 5.41) is 24.3. The average molecular weight is 843 g/mol. The highest BCUT2D eigenvalue weighted by Gasteiger charge is 2.25. The molecule has 2 fully saturated rings. The molecular formula is C41H70N12O7. The summed E-state index contributed by atoms with van der Waals surface area (Å²) in [6, 6.07) is -0.772. The molecule has 0 bridgehead atoms. The SMILES string of the molecule is C#CCOCCOCCOCCNc1nc(N2CCOCC2)nc(N2CCN(C(=O)CCCCCCCCCCNC(=O)[C@H](CO)n3cc(CCCCCN)nn3)CC2)n1. The third-order valence-corrected chi connectivity index (χ3v) is 10.4. The molecule has 336 valence electrons. The largest absolute Gasteiger partial charge is 0.394 e. The van der Waals surface area contributed by atoms with Crippen LogP contribution in [0.5, 0.6) is 0 Å². The Hall–Kier alpha value is -4.19. The van der Waals surface area contributed by atoms with Gasteiger partial charge < -0.3 is 55.1 Å². The van der Waals surface area contributed by atoms with E-state index in [4.69, 9.17) is 46.1 Å². The lowest BCUT2D eigenvalue weighted by Crippen LogP contribution is -2.49. The van der Waals surface area contributed by atoms with E-state index in [0.29, 0.717) is 129 Å². The van der Waals surface area contributed by atoms with Gasteiger partial charge in [-0.05, 0) is 38.6 Å². The Balaban J connectivity index is 1.05. The Labute approximate surface area is 355 Å². The number of aliphatic hydroxyl groups is 1. The Morgan fingerprint density at radius 2 is 1.43 bits per heavy atom. The fraction of sp³-hybridized carbons (Fsp3) is 0.780. The van der Waals surface area contributed by atoms with Crippen molar-refractivity contribution in [1.29, 1.82) is 0 Å². The van der Waals surface area contributed by atoms with Crippen molar-refractivity contribution < 1.29 is 33.6 Å². The average Bonchev–Trinajstić information content (AvgIpc) is 3.74. The van der Waals surface area contributed by atoms with Gasteiger partial charge in [-0.2, -0.15) is 15.0 Å². The number of aryl methyl sites for hydroxylation is 1. The van der Waals surface area contributed by atoms with Crippen molar-refractivity contribution in [2.24, 2.45) is 5.73 Å². The third-order valence-electron chi connectivity index (χ3n) is 10.4. The molecule has 0 aromatic carbocycles. The van der Waals surface area contributed by atoms with E-state index in [1.807, 2.05) is 4.90 Å². The Morgan fingerprint density at radius 3 is 2.12 bits per heavy atom. The standard InChI is InChI=1S/C41H70N12O7/c1-2-25-57-29-31-60-32-30-58-26-18-44-39-45-40(47-41(46-39)52-23-27-59-28-24-52)51-21-19-50(20-22-51)37(55)15-11-7-5-3-4-6-8-13-17-43-38(56)36(34-54)53-33-35(48-49-53)14-10-9-12-16-42/h1,33,36,54H,3-32,34,42H2,(H,43,56)(H,44,45,46,47)/t36-/m0/s1. The van der Waals surface area contributed by atoms with Gasteiger partial charge in [0, 0.05) is 65.0 Å². The van der Waals surface area contributed by atoms with Crippen molar-refractivity contribution in [2.75, 3.05) is 133 Å². The Kier molecular flexibility index (Phi) is 24.2. The molecule has 4 rings (SSSR count). The molecule has 4 heterocycles. The summed E-state index contributed by atoms with van der Waals surface area (Å²) in [6.45, 7) is 9.28. The quantitative estimate of drug-likeness (QED) is 0.0607. The fourth-order valence-electron chi connectivity index (χ4n) is 6.88. The normalized spacial score (nSPS) is 14.9. The zero-order chi connectivity index (χ0) is 42.5. The number of piperazine rings is 1. The van der Waals surface area contributed by atoms with Crippen LogP contribution in [0.4, 0.5) is 17.8 Å². The molecule has 0 saturated carbocycles. The van der Waals surface area contributed by atoms with Crippen LogP contribution in [-0.2, 0) is 35.0 Å². The summed E-state index contributed by atoms with van der Waals surface area (Å²) in [4.78, 5) is 46.2. The van der Waals surface area contributed by atoms with Crippen LogP contribution in [0.3, 0.4) is 0 Å². The molecule has 2 aromatic rings. The number of carbonyl (C=O) groups excluding carboxylic acids is 2. The van der Waals surface area contributed by atoms with Gasteiger partial charge in [-0.15, -0.1) is 11.5 Å². The van der Waals surface area contributed by atoms with Crippen molar-refractivity contribution >= 4 is 29.7 Å². The van der Waals surface area contributed by atoms with E-state index in [2.05, 4.69) is 36.7 Å². The number of morpholine rings is 1. The predicted octanol–water partition coefficient (Wildman–Crippen LogP) is 1.58. The van der Waals surface area contributed by atoms with E-state index >= 15 is 0 Å². The molecule has 19 nitrogen and oxygen atoms in total. The van der Waals surface area contributed by atoms with Gasteiger partial charge in [0.25, 0.3) is 0 Å². The molecule has 0 spiro atoms. The van der Waals surface area contributed by atoms with E-state index in [9.17, 15) is 14.7 Å². The first-order valence-corrected chi connectivity index (χ1v) is 22.0. The van der Waals surface area contributed by atoms with Gasteiger partial charge in [0.1, 0.15) is 6.61 Å². The van der Waals surface area contributed by atoms with Gasteiger partial charge in [0.05, 0.1) is 58.5 Å². The van der Waals surface area contributed by atoms with Crippen LogP contribution < -0.4 is 26.2 Å². The van der Waals surface area contributed by atoms with Crippen molar-refractivity contribution in [3.8, 4) is 12.3 Å². The van der Waals surface area contributed by atoms with Crippen LogP contribution in [0.2, 0.25) is 0 Å². The van der Waals surface area contributed by atoms with Gasteiger partial charge >= 0.3 is 0 Å². The van der Waals surface area contributed by atoms with Gasteiger partial charge in [-0.1, -0.05) is 56.1 Å². The molecule has 2 amide bonds. The number of unbranched alkanes of at least 4 members (excludes halogenated alkanes) is 9. The van der Waals surface area contributed by atoms with E-state index < -0.39 is 6.04 Å².